The van der Waals surface area contributed by atoms with Gasteiger partial charge in [-0.05, 0) is 6.42 Å². The number of nitrogen functional groups attached to an aromatic ring is 1. The molecule has 0 aliphatic carbocycles. The third kappa shape index (κ3) is 3.28. The molecule has 0 atom stereocenters. The van der Waals surface area contributed by atoms with Gasteiger partial charge >= 0.3 is 5.69 Å². The van der Waals surface area contributed by atoms with Crippen molar-refractivity contribution in [2.75, 3.05) is 17.7 Å². The molecule has 0 aliphatic rings. The van der Waals surface area contributed by atoms with E-state index in [9.17, 15) is 14.4 Å². The molecule has 0 fully saturated rings. The predicted molar refractivity (Wildman–Crippen MR) is 85.4 cm³/mol. The van der Waals surface area contributed by atoms with Crippen LogP contribution in [0.5, 0.6) is 0 Å². The van der Waals surface area contributed by atoms with Gasteiger partial charge in [0.1, 0.15) is 11.5 Å². The summed E-state index contributed by atoms with van der Waals surface area (Å²) in [5, 5.41) is 0. The van der Waals surface area contributed by atoms with Crippen LogP contribution in [-0.2, 0) is 6.54 Å². The number of amides is 1. The summed E-state index contributed by atoms with van der Waals surface area (Å²) in [4.78, 5) is 47.3. The number of hydrogen-bond donors (Lipinski definition) is 2. The summed E-state index contributed by atoms with van der Waals surface area (Å²) < 4.78 is 1.25. The summed E-state index contributed by atoms with van der Waals surface area (Å²) in [6, 6.07) is 0. The highest BCUT2D eigenvalue weighted by Gasteiger charge is 2.22. The summed E-state index contributed by atoms with van der Waals surface area (Å²) in [5.74, 6) is -0.595. The Labute approximate surface area is 131 Å². The van der Waals surface area contributed by atoms with Crippen LogP contribution in [0.4, 0.5) is 11.5 Å². The lowest BCUT2D eigenvalue weighted by molar-refractivity contribution is 0.0987. The molecule has 0 aromatic carbocycles. The van der Waals surface area contributed by atoms with E-state index in [0.29, 0.717) is 6.54 Å². The first kappa shape index (κ1) is 16.4. The number of aromatic amines is 1. The molecule has 9 nitrogen and oxygen atoms in total. The largest absolute Gasteiger partial charge is 0.383 e. The third-order valence-corrected chi connectivity index (χ3v) is 3.37. The number of carbonyl (C=O) groups excluding carboxylic acids is 1. The van der Waals surface area contributed by atoms with Gasteiger partial charge in [0.15, 0.2) is 5.69 Å². The first-order valence-corrected chi connectivity index (χ1v) is 7.14. The van der Waals surface area contributed by atoms with Crippen molar-refractivity contribution in [2.45, 2.75) is 26.3 Å². The van der Waals surface area contributed by atoms with Gasteiger partial charge in [-0.3, -0.25) is 24.1 Å². The maximum atomic E-state index is 12.4. The maximum absolute atomic E-state index is 12.4. The Balaban J connectivity index is 2.48. The van der Waals surface area contributed by atoms with Gasteiger partial charge in [-0.25, -0.2) is 9.78 Å². The van der Waals surface area contributed by atoms with Crippen LogP contribution in [0, 0.1) is 0 Å². The molecule has 0 aliphatic heterocycles. The van der Waals surface area contributed by atoms with Crippen LogP contribution < -0.4 is 21.9 Å². The van der Waals surface area contributed by atoms with Crippen LogP contribution in [0.15, 0.2) is 28.2 Å². The smallest absolute Gasteiger partial charge is 0.330 e. The zero-order valence-corrected chi connectivity index (χ0v) is 12.9. The number of nitrogens with one attached hydrogen (secondary N) is 1. The molecule has 2 aromatic heterocycles. The molecule has 1 amide bonds. The molecule has 2 heterocycles. The second kappa shape index (κ2) is 6.86. The molecule has 0 unspecified atom stereocenters. The number of hydrogen-bond acceptors (Lipinski definition) is 6. The maximum Gasteiger partial charge on any atom is 0.330 e. The monoisotopic (exact) mass is 318 g/mol. The van der Waals surface area contributed by atoms with E-state index in [-0.39, 0.29) is 17.2 Å². The van der Waals surface area contributed by atoms with Crippen LogP contribution in [-0.4, -0.2) is 32.5 Å². The van der Waals surface area contributed by atoms with Crippen molar-refractivity contribution in [3.05, 3.63) is 45.1 Å². The minimum atomic E-state index is -0.722. The molecular formula is C14H18N6O3. The van der Waals surface area contributed by atoms with E-state index < -0.39 is 17.2 Å². The van der Waals surface area contributed by atoms with Crippen LogP contribution in [0.25, 0.3) is 0 Å². The molecule has 0 saturated heterocycles. The van der Waals surface area contributed by atoms with Crippen molar-refractivity contribution in [3.8, 4) is 0 Å². The molecule has 3 N–H and O–H groups in total. The molecular weight excluding hydrogens is 300 g/mol. The Kier molecular flexibility index (Phi) is 4.89. The van der Waals surface area contributed by atoms with Crippen molar-refractivity contribution in [2.24, 2.45) is 0 Å². The lowest BCUT2D eigenvalue weighted by atomic mass is 10.3. The number of anilines is 2. The van der Waals surface area contributed by atoms with E-state index in [1.165, 1.54) is 30.2 Å². The fraction of sp³-hybridized carbons (Fsp3) is 0.357. The topological polar surface area (TPSA) is 127 Å². The van der Waals surface area contributed by atoms with Gasteiger partial charge in [-0.2, -0.15) is 0 Å². The highest BCUT2D eigenvalue weighted by molar-refractivity contribution is 6.05. The standard InChI is InChI=1S/C14H18N6O3/c1-3-4-7-20-11(15)10(12(21)18-14(20)23)19(2)13(22)9-8-16-5-6-17-9/h5-6,8H,3-4,7,15H2,1-2H3,(H,18,21,23). The fourth-order valence-electron chi connectivity index (χ4n) is 2.12. The average molecular weight is 318 g/mol. The minimum absolute atomic E-state index is 0.0491. The van der Waals surface area contributed by atoms with Gasteiger partial charge in [-0.1, -0.05) is 13.3 Å². The Morgan fingerprint density at radius 3 is 2.74 bits per heavy atom. The highest BCUT2D eigenvalue weighted by atomic mass is 16.2. The molecule has 2 aromatic rings. The van der Waals surface area contributed by atoms with Crippen LogP contribution in [0.1, 0.15) is 30.3 Å². The Morgan fingerprint density at radius 1 is 1.39 bits per heavy atom. The highest BCUT2D eigenvalue weighted by Crippen LogP contribution is 2.17. The van der Waals surface area contributed by atoms with Crippen molar-refractivity contribution >= 4 is 17.4 Å². The average Bonchev–Trinajstić information content (AvgIpc) is 2.54. The summed E-state index contributed by atoms with van der Waals surface area (Å²) in [6.07, 6.45) is 5.67. The van der Waals surface area contributed by atoms with Crippen molar-refractivity contribution in [1.82, 2.24) is 19.5 Å². The molecule has 0 radical (unpaired) electrons. The van der Waals surface area contributed by atoms with Gasteiger partial charge in [0, 0.05) is 26.0 Å². The van der Waals surface area contributed by atoms with Gasteiger partial charge in [-0.15, -0.1) is 0 Å². The van der Waals surface area contributed by atoms with E-state index in [1.54, 1.807) is 0 Å². The molecule has 122 valence electrons. The molecule has 2 rings (SSSR count). The second-order valence-electron chi connectivity index (χ2n) is 4.95. The van der Waals surface area contributed by atoms with E-state index in [4.69, 9.17) is 5.73 Å². The van der Waals surface area contributed by atoms with E-state index in [0.717, 1.165) is 17.7 Å². The lowest BCUT2D eigenvalue weighted by Crippen LogP contribution is -2.39. The van der Waals surface area contributed by atoms with Crippen LogP contribution in [0.3, 0.4) is 0 Å². The summed E-state index contributed by atoms with van der Waals surface area (Å²) in [6.45, 7) is 2.33. The molecule has 23 heavy (non-hydrogen) atoms. The summed E-state index contributed by atoms with van der Waals surface area (Å²) >= 11 is 0. The molecule has 9 heteroatoms. The predicted octanol–water partition coefficient (Wildman–Crippen LogP) is -0.0145. The first-order valence-electron chi connectivity index (χ1n) is 7.14. The first-order chi connectivity index (χ1) is 11.0. The molecule has 0 saturated carbocycles. The third-order valence-electron chi connectivity index (χ3n) is 3.37. The van der Waals surface area contributed by atoms with Crippen LogP contribution in [0.2, 0.25) is 0 Å². The number of nitrogens with two attached hydrogens (primary N) is 1. The Morgan fingerprint density at radius 2 is 2.13 bits per heavy atom. The second-order valence-corrected chi connectivity index (χ2v) is 4.95. The Bertz CT molecular complexity index is 811. The van der Waals surface area contributed by atoms with E-state index in [2.05, 4.69) is 15.0 Å². The molecule has 0 spiro atoms. The van der Waals surface area contributed by atoms with Gasteiger partial charge in [0.25, 0.3) is 11.5 Å². The number of aromatic nitrogens is 4. The zero-order valence-electron chi connectivity index (χ0n) is 12.9. The minimum Gasteiger partial charge on any atom is -0.383 e. The van der Waals surface area contributed by atoms with E-state index >= 15 is 0 Å². The normalized spacial score (nSPS) is 10.5. The summed E-state index contributed by atoms with van der Waals surface area (Å²) in [5.41, 5.74) is 4.62. The number of rotatable bonds is 5. The number of unbranched alkanes of at least 4 members (excludes halogenated alkanes) is 1. The number of H-pyrrole nitrogens is 1. The van der Waals surface area contributed by atoms with Gasteiger partial charge in [0.05, 0.1) is 6.20 Å². The van der Waals surface area contributed by atoms with E-state index in [1.807, 2.05) is 6.92 Å². The van der Waals surface area contributed by atoms with Crippen molar-refractivity contribution in [3.63, 3.8) is 0 Å². The number of carbonyl (C=O) groups is 1. The quantitative estimate of drug-likeness (QED) is 0.798. The zero-order chi connectivity index (χ0) is 17.0. The Hall–Kier alpha value is -2.97. The SMILES string of the molecule is CCCCn1c(N)c(N(C)C(=O)c2cnccn2)c(=O)[nH]c1=O. The van der Waals surface area contributed by atoms with Crippen LogP contribution >= 0.6 is 0 Å². The molecule has 0 bridgehead atoms. The van der Waals surface area contributed by atoms with Gasteiger partial charge < -0.3 is 10.6 Å². The van der Waals surface area contributed by atoms with Crippen molar-refractivity contribution in [1.29, 1.82) is 0 Å². The number of nitrogens with zero attached hydrogens (tertiary/aromatic N) is 4. The summed E-state index contributed by atoms with van der Waals surface area (Å²) in [7, 11) is 1.40. The fourth-order valence-corrected chi connectivity index (χ4v) is 2.12. The lowest BCUT2D eigenvalue weighted by Gasteiger charge is -2.19. The van der Waals surface area contributed by atoms with Gasteiger partial charge in [0.2, 0.25) is 0 Å². The van der Waals surface area contributed by atoms with Crippen molar-refractivity contribution < 1.29 is 4.79 Å².